The second-order valence-electron chi connectivity index (χ2n) is 4.06. The number of sulfonamides is 1. The zero-order valence-electron chi connectivity index (χ0n) is 11.0. The van der Waals surface area contributed by atoms with Gasteiger partial charge in [0.2, 0.25) is 10.0 Å². The van der Waals surface area contributed by atoms with Crippen molar-refractivity contribution < 1.29 is 18.4 Å². The monoisotopic (exact) mass is 303 g/mol. The van der Waals surface area contributed by atoms with Crippen LogP contribution in [0.4, 0.5) is 11.4 Å². The van der Waals surface area contributed by atoms with Crippen molar-refractivity contribution in [2.24, 2.45) is 0 Å². The van der Waals surface area contributed by atoms with Crippen LogP contribution in [0, 0.1) is 10.1 Å². The van der Waals surface area contributed by atoms with Crippen molar-refractivity contribution in [2.75, 3.05) is 25.4 Å². The van der Waals surface area contributed by atoms with E-state index in [4.69, 9.17) is 10.8 Å². The highest BCUT2D eigenvalue weighted by Gasteiger charge is 2.30. The Kier molecular flexibility index (Phi) is 5.43. The summed E-state index contributed by atoms with van der Waals surface area (Å²) in [6.07, 6.45) is 0.253. The van der Waals surface area contributed by atoms with Gasteiger partial charge in [0.05, 0.1) is 4.92 Å². The summed E-state index contributed by atoms with van der Waals surface area (Å²) in [5.41, 5.74) is 5.14. The predicted molar refractivity (Wildman–Crippen MR) is 73.6 cm³/mol. The van der Waals surface area contributed by atoms with Crippen LogP contribution in [0.5, 0.6) is 0 Å². The number of hydrogen-bond acceptors (Lipinski definition) is 6. The molecule has 0 bridgehead atoms. The number of nitrogen functional groups attached to an aromatic ring is 1. The van der Waals surface area contributed by atoms with Gasteiger partial charge >= 0.3 is 0 Å². The Morgan fingerprint density at radius 1 is 1.45 bits per heavy atom. The Morgan fingerprint density at radius 3 is 2.60 bits per heavy atom. The molecule has 0 aromatic heterocycles. The van der Waals surface area contributed by atoms with Gasteiger partial charge in [0.25, 0.3) is 5.69 Å². The van der Waals surface area contributed by atoms with Gasteiger partial charge in [-0.2, -0.15) is 4.31 Å². The maximum Gasteiger partial charge on any atom is 0.289 e. The number of aliphatic hydroxyl groups is 1. The smallest absolute Gasteiger partial charge is 0.289 e. The first-order valence-electron chi connectivity index (χ1n) is 5.99. The van der Waals surface area contributed by atoms with E-state index in [9.17, 15) is 18.5 Å². The number of hydrogen-bond donors (Lipinski definition) is 2. The highest BCUT2D eigenvalue weighted by Crippen LogP contribution is 2.28. The predicted octanol–water partition coefficient (Wildman–Crippen LogP) is 0.570. The van der Waals surface area contributed by atoms with E-state index < -0.39 is 25.5 Å². The van der Waals surface area contributed by atoms with Gasteiger partial charge in [-0.05, 0) is 18.6 Å². The summed E-state index contributed by atoms with van der Waals surface area (Å²) in [4.78, 5) is 9.76. The molecule has 1 rings (SSSR count). The Bertz CT molecular complexity index is 588. The fraction of sp³-hybridized carbons (Fsp3) is 0.455. The molecule has 1 aromatic rings. The molecule has 1 aromatic carbocycles. The highest BCUT2D eigenvalue weighted by atomic mass is 32.2. The Morgan fingerprint density at radius 2 is 2.10 bits per heavy atom. The SMILES string of the molecule is CCN(CCCO)S(=O)(=O)c1cc(N)ccc1[N+](=O)[O-]. The van der Waals surface area contributed by atoms with E-state index in [1.165, 1.54) is 6.07 Å². The minimum Gasteiger partial charge on any atom is -0.399 e. The molecule has 0 saturated heterocycles. The van der Waals surface area contributed by atoms with E-state index in [1.807, 2.05) is 0 Å². The minimum atomic E-state index is -4.02. The summed E-state index contributed by atoms with van der Waals surface area (Å²) < 4.78 is 25.9. The molecular formula is C11H17N3O5S. The van der Waals surface area contributed by atoms with Crippen LogP contribution in [0.1, 0.15) is 13.3 Å². The average molecular weight is 303 g/mol. The summed E-state index contributed by atoms with van der Waals surface area (Å²) in [6, 6.07) is 3.43. The largest absolute Gasteiger partial charge is 0.399 e. The van der Waals surface area contributed by atoms with Crippen LogP contribution in [0.3, 0.4) is 0 Å². The number of benzene rings is 1. The lowest BCUT2D eigenvalue weighted by atomic mass is 10.3. The van der Waals surface area contributed by atoms with Crippen molar-refractivity contribution in [3.05, 3.63) is 28.3 Å². The summed E-state index contributed by atoms with van der Waals surface area (Å²) in [5, 5.41) is 19.7. The lowest BCUT2D eigenvalue weighted by Crippen LogP contribution is -2.32. The third kappa shape index (κ3) is 3.44. The summed E-state index contributed by atoms with van der Waals surface area (Å²) in [7, 11) is -4.02. The molecule has 0 aliphatic carbocycles. The Balaban J connectivity index is 3.32. The molecule has 0 fully saturated rings. The van der Waals surface area contributed by atoms with Crippen LogP contribution >= 0.6 is 0 Å². The number of rotatable bonds is 7. The van der Waals surface area contributed by atoms with Gasteiger partial charge in [-0.15, -0.1) is 0 Å². The molecule has 0 heterocycles. The zero-order chi connectivity index (χ0) is 15.3. The average Bonchev–Trinajstić information content (AvgIpc) is 2.38. The van der Waals surface area contributed by atoms with E-state index in [-0.39, 0.29) is 31.8 Å². The van der Waals surface area contributed by atoms with E-state index in [2.05, 4.69) is 0 Å². The van der Waals surface area contributed by atoms with Gasteiger partial charge in [0.15, 0.2) is 4.90 Å². The first kappa shape index (κ1) is 16.3. The molecule has 8 nitrogen and oxygen atoms in total. The zero-order valence-corrected chi connectivity index (χ0v) is 11.8. The standard InChI is InChI=1S/C11H17N3O5S/c1-2-13(6-3-7-15)20(18,19)11-8-9(12)4-5-10(11)14(16)17/h4-5,8,15H,2-3,6-7,12H2,1H3. The van der Waals surface area contributed by atoms with E-state index in [0.29, 0.717) is 0 Å². The van der Waals surface area contributed by atoms with E-state index in [1.54, 1.807) is 6.92 Å². The van der Waals surface area contributed by atoms with Crippen molar-refractivity contribution in [3.63, 3.8) is 0 Å². The second-order valence-corrected chi connectivity index (χ2v) is 5.96. The number of nitrogens with zero attached hydrogens (tertiary/aromatic N) is 2. The molecule has 0 saturated carbocycles. The third-order valence-electron chi connectivity index (χ3n) is 2.72. The molecule has 0 aliphatic heterocycles. The quantitative estimate of drug-likeness (QED) is 0.430. The van der Waals surface area contributed by atoms with Crippen LogP contribution in [0.2, 0.25) is 0 Å². The minimum absolute atomic E-state index is 0.0846. The van der Waals surface area contributed by atoms with Crippen LogP contribution < -0.4 is 5.73 Å². The molecule has 0 amide bonds. The molecule has 9 heteroatoms. The summed E-state index contributed by atoms with van der Waals surface area (Å²) in [6.45, 7) is 1.69. The number of nitro benzene ring substituents is 1. The van der Waals surface area contributed by atoms with Crippen molar-refractivity contribution in [2.45, 2.75) is 18.2 Å². The van der Waals surface area contributed by atoms with Crippen LogP contribution in [0.25, 0.3) is 0 Å². The molecule has 0 unspecified atom stereocenters. The van der Waals surface area contributed by atoms with Crippen molar-refractivity contribution in [1.29, 1.82) is 0 Å². The first-order chi connectivity index (χ1) is 9.34. The number of nitro groups is 1. The van der Waals surface area contributed by atoms with Gasteiger partial charge in [0.1, 0.15) is 0 Å². The van der Waals surface area contributed by atoms with Gasteiger partial charge < -0.3 is 10.8 Å². The molecule has 0 atom stereocenters. The lowest BCUT2D eigenvalue weighted by molar-refractivity contribution is -0.387. The second kappa shape index (κ2) is 6.64. The lowest BCUT2D eigenvalue weighted by Gasteiger charge is -2.20. The van der Waals surface area contributed by atoms with Crippen molar-refractivity contribution in [1.82, 2.24) is 4.31 Å². The molecule has 20 heavy (non-hydrogen) atoms. The molecular weight excluding hydrogens is 286 g/mol. The molecule has 0 aliphatic rings. The van der Waals surface area contributed by atoms with E-state index in [0.717, 1.165) is 16.4 Å². The fourth-order valence-corrected chi connectivity index (χ4v) is 3.40. The van der Waals surface area contributed by atoms with Gasteiger partial charge in [-0.1, -0.05) is 6.92 Å². The molecule has 0 radical (unpaired) electrons. The summed E-state index contributed by atoms with van der Waals surface area (Å²) in [5.74, 6) is 0. The summed E-state index contributed by atoms with van der Waals surface area (Å²) >= 11 is 0. The highest BCUT2D eigenvalue weighted by molar-refractivity contribution is 7.89. The number of nitrogens with two attached hydrogens (primary N) is 1. The maximum atomic E-state index is 12.4. The van der Waals surface area contributed by atoms with Gasteiger partial charge in [-0.25, -0.2) is 8.42 Å². The van der Waals surface area contributed by atoms with Crippen molar-refractivity contribution in [3.8, 4) is 0 Å². The van der Waals surface area contributed by atoms with Gasteiger partial charge in [-0.3, -0.25) is 10.1 Å². The van der Waals surface area contributed by atoms with Crippen LogP contribution in [-0.4, -0.2) is 42.4 Å². The van der Waals surface area contributed by atoms with E-state index >= 15 is 0 Å². The third-order valence-corrected chi connectivity index (χ3v) is 4.72. The van der Waals surface area contributed by atoms with Crippen molar-refractivity contribution >= 4 is 21.4 Å². The Hall–Kier alpha value is -1.71. The van der Waals surface area contributed by atoms with Crippen LogP contribution in [0.15, 0.2) is 23.1 Å². The number of aliphatic hydroxyl groups excluding tert-OH is 1. The number of anilines is 1. The molecule has 112 valence electrons. The molecule has 3 N–H and O–H groups in total. The molecule has 0 spiro atoms. The van der Waals surface area contributed by atoms with Crippen LogP contribution in [-0.2, 0) is 10.0 Å². The maximum absolute atomic E-state index is 12.4. The van der Waals surface area contributed by atoms with Gasteiger partial charge in [0, 0.05) is 31.5 Å². The first-order valence-corrected chi connectivity index (χ1v) is 7.43. The normalized spacial score (nSPS) is 11.8. The Labute approximate surface area is 117 Å². The topological polar surface area (TPSA) is 127 Å². The fourth-order valence-electron chi connectivity index (χ4n) is 1.72.